The summed E-state index contributed by atoms with van der Waals surface area (Å²) >= 11 is 1.65. The van der Waals surface area contributed by atoms with E-state index in [4.69, 9.17) is 4.74 Å². The normalized spacial score (nSPS) is 29.2. The second kappa shape index (κ2) is 7.69. The van der Waals surface area contributed by atoms with Crippen molar-refractivity contribution in [1.82, 2.24) is 9.80 Å². The molecule has 3 saturated heterocycles. The van der Waals surface area contributed by atoms with Crippen LogP contribution in [0, 0.1) is 0 Å². The molecule has 3 atom stereocenters. The molecular weight excluding hydrogens is 348 g/mol. The van der Waals surface area contributed by atoms with Crippen LogP contribution in [0.4, 0.5) is 0 Å². The van der Waals surface area contributed by atoms with Crippen molar-refractivity contribution >= 4 is 23.2 Å². The van der Waals surface area contributed by atoms with Gasteiger partial charge in [0.1, 0.15) is 0 Å². The molecule has 0 saturated carbocycles. The molecule has 6 heteroatoms. The number of ether oxygens (including phenoxy) is 1. The number of rotatable bonds is 4. The van der Waals surface area contributed by atoms with Gasteiger partial charge < -0.3 is 14.5 Å². The summed E-state index contributed by atoms with van der Waals surface area (Å²) in [5, 5.41) is 2.02. The second-order valence-corrected chi connectivity index (χ2v) is 8.91. The number of carbonyl (C=O) groups excluding carboxylic acids is 2. The Morgan fingerprint density at radius 3 is 2.38 bits per heavy atom. The van der Waals surface area contributed by atoms with Gasteiger partial charge in [-0.1, -0.05) is 6.07 Å². The SMILES string of the molecule is CC(=O)N1[C@@H]2CC[C@H]1CC(OC1CCN(C(=O)Cc3cccs3)CC1)C2. The van der Waals surface area contributed by atoms with E-state index in [9.17, 15) is 9.59 Å². The Balaban J connectivity index is 1.23. The molecule has 0 radical (unpaired) electrons. The van der Waals surface area contributed by atoms with Gasteiger partial charge in [-0.2, -0.15) is 0 Å². The molecule has 5 nitrogen and oxygen atoms in total. The largest absolute Gasteiger partial charge is 0.375 e. The van der Waals surface area contributed by atoms with E-state index < -0.39 is 0 Å². The molecule has 2 bridgehead atoms. The first-order valence-corrected chi connectivity index (χ1v) is 10.7. The van der Waals surface area contributed by atoms with Crippen molar-refractivity contribution < 1.29 is 14.3 Å². The molecule has 4 heterocycles. The molecule has 3 aliphatic rings. The molecule has 0 N–H and O–H groups in total. The molecule has 26 heavy (non-hydrogen) atoms. The summed E-state index contributed by atoms with van der Waals surface area (Å²) in [7, 11) is 0. The monoisotopic (exact) mass is 376 g/mol. The lowest BCUT2D eigenvalue weighted by atomic mass is 9.98. The van der Waals surface area contributed by atoms with Crippen LogP contribution in [0.15, 0.2) is 17.5 Å². The van der Waals surface area contributed by atoms with Gasteiger partial charge in [-0.25, -0.2) is 0 Å². The van der Waals surface area contributed by atoms with E-state index in [0.29, 0.717) is 18.5 Å². The summed E-state index contributed by atoms with van der Waals surface area (Å²) in [5.41, 5.74) is 0. The topological polar surface area (TPSA) is 49.9 Å². The number of piperidine rings is 2. The van der Waals surface area contributed by atoms with Gasteiger partial charge in [0.15, 0.2) is 0 Å². The van der Waals surface area contributed by atoms with Crippen molar-refractivity contribution in [3.05, 3.63) is 22.4 Å². The lowest BCUT2D eigenvalue weighted by Gasteiger charge is -2.41. The summed E-state index contributed by atoms with van der Waals surface area (Å²) in [4.78, 5) is 29.4. The Morgan fingerprint density at radius 2 is 1.81 bits per heavy atom. The van der Waals surface area contributed by atoms with Crippen molar-refractivity contribution in [3.63, 3.8) is 0 Å². The Kier molecular flexibility index (Phi) is 5.32. The quantitative estimate of drug-likeness (QED) is 0.812. The zero-order valence-electron chi connectivity index (χ0n) is 15.4. The summed E-state index contributed by atoms with van der Waals surface area (Å²) in [6.07, 6.45) is 7.13. The molecule has 0 aromatic carbocycles. The number of fused-ring (bicyclic) bond motifs is 2. The predicted molar refractivity (Wildman–Crippen MR) is 101 cm³/mol. The van der Waals surface area contributed by atoms with E-state index in [1.54, 1.807) is 18.3 Å². The fraction of sp³-hybridized carbons (Fsp3) is 0.700. The van der Waals surface area contributed by atoms with Crippen LogP contribution < -0.4 is 0 Å². The van der Waals surface area contributed by atoms with Gasteiger partial charge >= 0.3 is 0 Å². The molecule has 3 aliphatic heterocycles. The molecule has 4 rings (SSSR count). The van der Waals surface area contributed by atoms with Gasteiger partial charge in [0.2, 0.25) is 11.8 Å². The fourth-order valence-electron chi connectivity index (χ4n) is 4.94. The predicted octanol–water partition coefficient (Wildman–Crippen LogP) is 2.84. The van der Waals surface area contributed by atoms with E-state index in [1.165, 1.54) is 0 Å². The van der Waals surface area contributed by atoms with Crippen LogP contribution in [0.2, 0.25) is 0 Å². The zero-order valence-corrected chi connectivity index (χ0v) is 16.2. The Labute approximate surface area is 159 Å². The Morgan fingerprint density at radius 1 is 1.12 bits per heavy atom. The minimum atomic E-state index is 0.216. The van der Waals surface area contributed by atoms with Crippen LogP contribution in [0.5, 0.6) is 0 Å². The highest BCUT2D eigenvalue weighted by Crippen LogP contribution is 2.37. The van der Waals surface area contributed by atoms with Gasteiger partial charge in [-0.15, -0.1) is 11.3 Å². The maximum atomic E-state index is 12.4. The number of hydrogen-bond acceptors (Lipinski definition) is 4. The lowest BCUT2D eigenvalue weighted by molar-refractivity contribution is -0.139. The van der Waals surface area contributed by atoms with E-state index in [2.05, 4.69) is 4.90 Å². The molecule has 3 fully saturated rings. The maximum absolute atomic E-state index is 12.4. The van der Waals surface area contributed by atoms with Crippen LogP contribution in [-0.4, -0.2) is 59.0 Å². The van der Waals surface area contributed by atoms with Gasteiger partial charge in [0.05, 0.1) is 18.6 Å². The van der Waals surface area contributed by atoms with Gasteiger partial charge in [-0.05, 0) is 50.0 Å². The molecule has 0 aliphatic carbocycles. The highest BCUT2D eigenvalue weighted by molar-refractivity contribution is 7.10. The smallest absolute Gasteiger partial charge is 0.227 e. The van der Waals surface area contributed by atoms with E-state index in [1.807, 2.05) is 22.4 Å². The average Bonchev–Trinajstić information content (AvgIpc) is 3.22. The molecule has 0 spiro atoms. The number of thiophene rings is 1. The highest BCUT2D eigenvalue weighted by Gasteiger charge is 2.43. The summed E-state index contributed by atoms with van der Waals surface area (Å²) < 4.78 is 6.40. The van der Waals surface area contributed by atoms with Crippen LogP contribution in [0.25, 0.3) is 0 Å². The number of nitrogens with zero attached hydrogens (tertiary/aromatic N) is 2. The van der Waals surface area contributed by atoms with Crippen LogP contribution in [0.1, 0.15) is 50.3 Å². The minimum Gasteiger partial charge on any atom is -0.375 e. The van der Waals surface area contributed by atoms with Crippen molar-refractivity contribution in [2.45, 2.75) is 76.2 Å². The number of carbonyl (C=O) groups is 2. The zero-order chi connectivity index (χ0) is 18.1. The van der Waals surface area contributed by atoms with Crippen LogP contribution >= 0.6 is 11.3 Å². The lowest BCUT2D eigenvalue weighted by Crippen LogP contribution is -2.49. The molecule has 142 valence electrons. The Hall–Kier alpha value is -1.40. The number of hydrogen-bond donors (Lipinski definition) is 0. The first-order chi connectivity index (χ1) is 12.6. The Bertz CT molecular complexity index is 625. The minimum absolute atomic E-state index is 0.216. The van der Waals surface area contributed by atoms with Gasteiger partial charge in [-0.3, -0.25) is 9.59 Å². The van der Waals surface area contributed by atoms with Gasteiger partial charge in [0.25, 0.3) is 0 Å². The number of amides is 2. The summed E-state index contributed by atoms with van der Waals surface area (Å²) in [5.74, 6) is 0.451. The van der Waals surface area contributed by atoms with E-state index in [-0.39, 0.29) is 24.0 Å². The van der Waals surface area contributed by atoms with Crippen molar-refractivity contribution in [2.75, 3.05) is 13.1 Å². The third-order valence-electron chi connectivity index (χ3n) is 6.14. The van der Waals surface area contributed by atoms with Crippen LogP contribution in [0.3, 0.4) is 0 Å². The number of likely N-dealkylation sites (tertiary alicyclic amines) is 1. The third-order valence-corrected chi connectivity index (χ3v) is 7.01. The average molecular weight is 377 g/mol. The standard InChI is InChI=1S/C20H28N2O3S/c1-14(23)22-15-4-5-16(22)12-18(11-15)25-17-6-8-21(9-7-17)20(24)13-19-3-2-10-26-19/h2-3,10,15-18H,4-9,11-13H2,1H3/t15-,16+,18?. The molecule has 1 aromatic rings. The van der Waals surface area contributed by atoms with Crippen molar-refractivity contribution in [2.24, 2.45) is 0 Å². The summed E-state index contributed by atoms with van der Waals surface area (Å²) in [6, 6.07) is 4.78. The van der Waals surface area contributed by atoms with Crippen molar-refractivity contribution in [3.8, 4) is 0 Å². The molecular formula is C20H28N2O3S. The first-order valence-electron chi connectivity index (χ1n) is 9.84. The highest BCUT2D eigenvalue weighted by atomic mass is 32.1. The first kappa shape index (κ1) is 18.0. The third kappa shape index (κ3) is 3.81. The fourth-order valence-corrected chi connectivity index (χ4v) is 5.64. The van der Waals surface area contributed by atoms with Crippen LogP contribution in [-0.2, 0) is 20.7 Å². The summed E-state index contributed by atoms with van der Waals surface area (Å²) in [6.45, 7) is 3.29. The molecule has 1 aromatic heterocycles. The second-order valence-electron chi connectivity index (χ2n) is 7.88. The van der Waals surface area contributed by atoms with Gasteiger partial charge in [0, 0.05) is 37.0 Å². The van der Waals surface area contributed by atoms with E-state index in [0.717, 1.165) is 56.5 Å². The maximum Gasteiger partial charge on any atom is 0.227 e. The molecule has 2 amide bonds. The van der Waals surface area contributed by atoms with E-state index >= 15 is 0 Å². The molecule has 1 unspecified atom stereocenters. The van der Waals surface area contributed by atoms with Crippen molar-refractivity contribution in [1.29, 1.82) is 0 Å².